The van der Waals surface area contributed by atoms with E-state index >= 15 is 0 Å². The minimum absolute atomic E-state index is 0.102. The van der Waals surface area contributed by atoms with E-state index in [1.165, 1.54) is 12.1 Å². The highest BCUT2D eigenvalue weighted by atomic mass is 32.2. The SMILES string of the molecule is C[C@H](N)c1ccc(S(N)(=O)=O)cc1. The predicted octanol–water partition coefficient (Wildman–Crippen LogP) is 0.354. The molecule has 72 valence electrons. The summed E-state index contributed by atoms with van der Waals surface area (Å²) < 4.78 is 21.7. The molecule has 0 bridgehead atoms. The molecule has 0 fully saturated rings. The molecule has 1 aromatic carbocycles. The first-order valence-corrected chi connectivity index (χ1v) is 5.34. The van der Waals surface area contributed by atoms with Crippen LogP contribution in [0.4, 0.5) is 0 Å². The zero-order valence-corrected chi connectivity index (χ0v) is 8.08. The van der Waals surface area contributed by atoms with Crippen LogP contribution in [0.15, 0.2) is 29.2 Å². The van der Waals surface area contributed by atoms with Gasteiger partial charge in [0.25, 0.3) is 0 Å². The molecule has 5 heteroatoms. The lowest BCUT2D eigenvalue weighted by molar-refractivity contribution is 0.597. The fourth-order valence-electron chi connectivity index (χ4n) is 0.961. The molecule has 0 spiro atoms. The van der Waals surface area contributed by atoms with Gasteiger partial charge < -0.3 is 5.73 Å². The fourth-order valence-corrected chi connectivity index (χ4v) is 1.48. The molecular weight excluding hydrogens is 188 g/mol. The van der Waals surface area contributed by atoms with E-state index in [2.05, 4.69) is 0 Å². The van der Waals surface area contributed by atoms with Crippen LogP contribution in [0.5, 0.6) is 0 Å². The van der Waals surface area contributed by atoms with Gasteiger partial charge in [0.2, 0.25) is 10.0 Å². The topological polar surface area (TPSA) is 86.2 Å². The molecule has 0 aromatic heterocycles. The van der Waals surface area contributed by atoms with Crippen LogP contribution in [0.3, 0.4) is 0 Å². The van der Waals surface area contributed by atoms with E-state index in [-0.39, 0.29) is 10.9 Å². The van der Waals surface area contributed by atoms with Crippen molar-refractivity contribution in [3.05, 3.63) is 29.8 Å². The number of hydrogen-bond donors (Lipinski definition) is 2. The van der Waals surface area contributed by atoms with E-state index in [0.717, 1.165) is 5.56 Å². The third-order valence-electron chi connectivity index (χ3n) is 1.73. The molecule has 0 amide bonds. The van der Waals surface area contributed by atoms with Crippen molar-refractivity contribution in [1.82, 2.24) is 0 Å². The van der Waals surface area contributed by atoms with Gasteiger partial charge in [0.15, 0.2) is 0 Å². The van der Waals surface area contributed by atoms with Gasteiger partial charge >= 0.3 is 0 Å². The van der Waals surface area contributed by atoms with Gasteiger partial charge in [-0.2, -0.15) is 0 Å². The fraction of sp³-hybridized carbons (Fsp3) is 0.250. The standard InChI is InChI=1S/C8H12N2O2S/c1-6(9)7-2-4-8(5-3-7)13(10,11)12/h2-6H,9H2,1H3,(H2,10,11,12)/t6-/m0/s1. The van der Waals surface area contributed by atoms with Crippen LogP contribution in [-0.4, -0.2) is 8.42 Å². The van der Waals surface area contributed by atoms with Crippen molar-refractivity contribution >= 4 is 10.0 Å². The first kappa shape index (κ1) is 10.2. The van der Waals surface area contributed by atoms with Crippen LogP contribution in [-0.2, 0) is 10.0 Å². The average Bonchev–Trinajstić information content (AvgIpc) is 2.03. The summed E-state index contributed by atoms with van der Waals surface area (Å²) in [6.45, 7) is 1.83. The molecule has 4 nitrogen and oxygen atoms in total. The molecule has 0 saturated heterocycles. The van der Waals surface area contributed by atoms with Crippen LogP contribution in [0.2, 0.25) is 0 Å². The molecule has 0 saturated carbocycles. The largest absolute Gasteiger partial charge is 0.324 e. The zero-order valence-electron chi connectivity index (χ0n) is 7.27. The van der Waals surface area contributed by atoms with Gasteiger partial charge in [-0.3, -0.25) is 0 Å². The van der Waals surface area contributed by atoms with E-state index in [9.17, 15) is 8.42 Å². The molecule has 0 unspecified atom stereocenters. The Bertz CT molecular complexity index is 381. The van der Waals surface area contributed by atoms with E-state index < -0.39 is 10.0 Å². The van der Waals surface area contributed by atoms with Crippen molar-refractivity contribution in [1.29, 1.82) is 0 Å². The summed E-state index contributed by atoms with van der Waals surface area (Å²) in [5, 5.41) is 4.92. The van der Waals surface area contributed by atoms with Gasteiger partial charge in [-0.1, -0.05) is 12.1 Å². The minimum atomic E-state index is -3.59. The normalized spacial score (nSPS) is 14.1. The van der Waals surface area contributed by atoms with Gasteiger partial charge in [-0.05, 0) is 24.6 Å². The third kappa shape index (κ3) is 2.51. The van der Waals surface area contributed by atoms with Crippen LogP contribution in [0.1, 0.15) is 18.5 Å². The maximum Gasteiger partial charge on any atom is 0.238 e. The maximum atomic E-state index is 10.9. The van der Waals surface area contributed by atoms with Gasteiger partial charge in [0.1, 0.15) is 0 Å². The molecule has 0 aliphatic rings. The van der Waals surface area contributed by atoms with Gasteiger partial charge in [0.05, 0.1) is 4.90 Å². The quantitative estimate of drug-likeness (QED) is 0.722. The first-order chi connectivity index (χ1) is 5.91. The second-order valence-corrected chi connectivity index (χ2v) is 4.46. The van der Waals surface area contributed by atoms with Crippen molar-refractivity contribution < 1.29 is 8.42 Å². The van der Waals surface area contributed by atoms with Crippen LogP contribution >= 0.6 is 0 Å². The molecule has 4 N–H and O–H groups in total. The van der Waals surface area contributed by atoms with E-state index in [1.54, 1.807) is 12.1 Å². The summed E-state index contributed by atoms with van der Waals surface area (Å²) in [5.74, 6) is 0. The lowest BCUT2D eigenvalue weighted by Gasteiger charge is -2.05. The van der Waals surface area contributed by atoms with E-state index in [0.29, 0.717) is 0 Å². The van der Waals surface area contributed by atoms with Crippen LogP contribution < -0.4 is 10.9 Å². The second kappa shape index (κ2) is 3.45. The Morgan fingerprint density at radius 2 is 1.69 bits per heavy atom. The van der Waals surface area contributed by atoms with Crippen molar-refractivity contribution in [3.63, 3.8) is 0 Å². The smallest absolute Gasteiger partial charge is 0.238 e. The first-order valence-electron chi connectivity index (χ1n) is 3.79. The highest BCUT2D eigenvalue weighted by Crippen LogP contribution is 2.12. The number of primary sulfonamides is 1. The van der Waals surface area contributed by atoms with Crippen LogP contribution in [0, 0.1) is 0 Å². The summed E-state index contributed by atoms with van der Waals surface area (Å²) in [4.78, 5) is 0.108. The van der Waals surface area contributed by atoms with Gasteiger partial charge in [-0.25, -0.2) is 13.6 Å². The molecule has 0 radical (unpaired) electrons. The molecule has 0 heterocycles. The molecule has 1 atom stereocenters. The van der Waals surface area contributed by atoms with Crippen molar-refractivity contribution in [2.75, 3.05) is 0 Å². The second-order valence-electron chi connectivity index (χ2n) is 2.90. The Balaban J connectivity index is 3.08. The number of rotatable bonds is 2. The van der Waals surface area contributed by atoms with Gasteiger partial charge in [-0.15, -0.1) is 0 Å². The summed E-state index contributed by atoms with van der Waals surface area (Å²) in [6, 6.07) is 6.12. The summed E-state index contributed by atoms with van der Waals surface area (Å²) in [5.41, 5.74) is 6.47. The Kier molecular flexibility index (Phi) is 2.70. The van der Waals surface area contributed by atoms with Crippen LogP contribution in [0.25, 0.3) is 0 Å². The van der Waals surface area contributed by atoms with Crippen molar-refractivity contribution in [2.45, 2.75) is 17.9 Å². The Labute approximate surface area is 77.6 Å². The Morgan fingerprint density at radius 1 is 1.23 bits per heavy atom. The molecule has 1 aromatic rings. The molecule has 0 aliphatic carbocycles. The molecule has 0 aliphatic heterocycles. The van der Waals surface area contributed by atoms with Gasteiger partial charge in [0, 0.05) is 6.04 Å². The lowest BCUT2D eigenvalue weighted by atomic mass is 10.1. The number of hydrogen-bond acceptors (Lipinski definition) is 3. The van der Waals surface area contributed by atoms with E-state index in [1.807, 2.05) is 6.92 Å². The average molecular weight is 200 g/mol. The minimum Gasteiger partial charge on any atom is -0.324 e. The van der Waals surface area contributed by atoms with Crippen molar-refractivity contribution in [3.8, 4) is 0 Å². The monoisotopic (exact) mass is 200 g/mol. The highest BCUT2D eigenvalue weighted by Gasteiger charge is 2.07. The third-order valence-corrected chi connectivity index (χ3v) is 2.66. The summed E-state index contributed by atoms with van der Waals surface area (Å²) >= 11 is 0. The molecule has 1 rings (SSSR count). The zero-order chi connectivity index (χ0) is 10.1. The van der Waals surface area contributed by atoms with E-state index in [4.69, 9.17) is 10.9 Å². The Morgan fingerprint density at radius 3 is 2.00 bits per heavy atom. The lowest BCUT2D eigenvalue weighted by Crippen LogP contribution is -2.12. The van der Waals surface area contributed by atoms with Crippen molar-refractivity contribution in [2.24, 2.45) is 10.9 Å². The predicted molar refractivity (Wildman–Crippen MR) is 50.4 cm³/mol. The molecular formula is C8H12N2O2S. The summed E-state index contributed by atoms with van der Waals surface area (Å²) in [7, 11) is -3.59. The highest BCUT2D eigenvalue weighted by molar-refractivity contribution is 7.89. The number of benzene rings is 1. The maximum absolute atomic E-state index is 10.9. The number of nitrogens with two attached hydrogens (primary N) is 2. The number of sulfonamides is 1. The summed E-state index contributed by atoms with van der Waals surface area (Å²) in [6.07, 6.45) is 0. The Hall–Kier alpha value is -0.910. The molecule has 13 heavy (non-hydrogen) atoms.